The molecule has 12 heteroatoms. The molecule has 2 heterocycles. The summed E-state index contributed by atoms with van der Waals surface area (Å²) in [5.41, 5.74) is 10.4. The average Bonchev–Trinajstić information content (AvgIpc) is 3.33. The molecule has 1 atom stereocenters. The molecule has 218 valence electrons. The van der Waals surface area contributed by atoms with Crippen molar-refractivity contribution in [1.82, 2.24) is 19.7 Å². The number of nitrogens with two attached hydrogens (primary N) is 1. The summed E-state index contributed by atoms with van der Waals surface area (Å²) in [5.74, 6) is -1.35. The fourth-order valence-corrected chi connectivity index (χ4v) is 4.36. The smallest absolute Gasteiger partial charge is 0.475 e. The van der Waals surface area contributed by atoms with Crippen LogP contribution >= 0.6 is 0 Å². The Balaban J connectivity index is 0.000000517. The highest BCUT2D eigenvalue weighted by atomic mass is 19.4. The standard InChI is InChI=1S/C28H27FN6.C2HF3O2/c1-4-18-9-12-24(29)23(15-18)25(32-20-10-11-22-19(16-20)13-14-31-26(22)30)28-33-27(34-35(28)3)21-8-6-5-7-17(21)2;3-2(4,5)1(6)7/h5-16,25,32H,4H2,1-3H3,(H2,30,31);(H,6,7). The highest BCUT2D eigenvalue weighted by molar-refractivity contribution is 5.93. The quantitative estimate of drug-likeness (QED) is 0.197. The van der Waals surface area contributed by atoms with E-state index < -0.39 is 18.2 Å². The van der Waals surface area contributed by atoms with Gasteiger partial charge in [0.05, 0.1) is 0 Å². The van der Waals surface area contributed by atoms with Crippen LogP contribution < -0.4 is 11.1 Å². The van der Waals surface area contributed by atoms with E-state index in [1.54, 1.807) is 10.9 Å². The van der Waals surface area contributed by atoms with E-state index in [9.17, 15) is 13.2 Å². The third-order valence-corrected chi connectivity index (χ3v) is 6.57. The minimum absolute atomic E-state index is 0.297. The van der Waals surface area contributed by atoms with Crippen LogP contribution in [0.15, 0.2) is 72.9 Å². The number of alkyl halides is 3. The van der Waals surface area contributed by atoms with Crippen LogP contribution in [0.3, 0.4) is 0 Å². The number of carbonyl (C=O) groups is 1. The predicted octanol–water partition coefficient (Wildman–Crippen LogP) is 6.46. The maximum Gasteiger partial charge on any atom is 0.490 e. The van der Waals surface area contributed by atoms with Crippen LogP contribution in [0.1, 0.15) is 35.5 Å². The molecule has 0 aliphatic carbocycles. The highest BCUT2D eigenvalue weighted by Gasteiger charge is 2.38. The fourth-order valence-electron chi connectivity index (χ4n) is 4.36. The Bertz CT molecular complexity index is 1740. The van der Waals surface area contributed by atoms with Crippen LogP contribution in [-0.2, 0) is 18.3 Å². The van der Waals surface area contributed by atoms with Crippen molar-refractivity contribution in [1.29, 1.82) is 0 Å². The van der Waals surface area contributed by atoms with Gasteiger partial charge in [0, 0.05) is 35.4 Å². The van der Waals surface area contributed by atoms with Crippen molar-refractivity contribution in [2.45, 2.75) is 32.5 Å². The van der Waals surface area contributed by atoms with Crippen LogP contribution in [0.2, 0.25) is 0 Å². The third kappa shape index (κ3) is 6.65. The van der Waals surface area contributed by atoms with Gasteiger partial charge < -0.3 is 16.2 Å². The maximum atomic E-state index is 15.3. The Morgan fingerprint density at radius 2 is 1.81 bits per heavy atom. The fraction of sp³-hybridized carbons (Fsp3) is 0.200. The van der Waals surface area contributed by atoms with Gasteiger partial charge in [-0.15, -0.1) is 0 Å². The highest BCUT2D eigenvalue weighted by Crippen LogP contribution is 2.32. The Kier molecular flexibility index (Phi) is 8.74. The Morgan fingerprint density at radius 1 is 1.10 bits per heavy atom. The largest absolute Gasteiger partial charge is 0.490 e. The number of pyridine rings is 1. The molecule has 0 bridgehead atoms. The molecule has 42 heavy (non-hydrogen) atoms. The number of rotatable bonds is 6. The number of nitrogen functional groups attached to an aromatic ring is 1. The first-order valence-electron chi connectivity index (χ1n) is 12.8. The summed E-state index contributed by atoms with van der Waals surface area (Å²) in [6, 6.07) is 20.4. The van der Waals surface area contributed by atoms with Crippen LogP contribution in [0.25, 0.3) is 22.2 Å². The van der Waals surface area contributed by atoms with E-state index in [4.69, 9.17) is 20.6 Å². The van der Waals surface area contributed by atoms with Crippen molar-refractivity contribution in [3.8, 4) is 11.4 Å². The van der Waals surface area contributed by atoms with E-state index in [1.165, 1.54) is 6.07 Å². The summed E-state index contributed by atoms with van der Waals surface area (Å²) in [6.45, 7) is 4.08. The Morgan fingerprint density at radius 3 is 2.48 bits per heavy atom. The molecule has 1 unspecified atom stereocenters. The number of fused-ring (bicyclic) bond motifs is 1. The van der Waals surface area contributed by atoms with Gasteiger partial charge in [-0.1, -0.05) is 43.3 Å². The zero-order valence-electron chi connectivity index (χ0n) is 22.9. The Hall–Kier alpha value is -5.00. The van der Waals surface area contributed by atoms with E-state index in [2.05, 4.69) is 22.3 Å². The van der Waals surface area contributed by atoms with Gasteiger partial charge in [0.2, 0.25) is 0 Å². The molecule has 0 saturated heterocycles. The van der Waals surface area contributed by atoms with Crippen LogP contribution in [0.5, 0.6) is 0 Å². The van der Waals surface area contributed by atoms with Gasteiger partial charge in [-0.2, -0.15) is 18.3 Å². The van der Waals surface area contributed by atoms with Crippen LogP contribution in [-0.4, -0.2) is 37.0 Å². The zero-order valence-corrected chi connectivity index (χ0v) is 22.9. The topological polar surface area (TPSA) is 119 Å². The van der Waals surface area contributed by atoms with Crippen molar-refractivity contribution in [3.63, 3.8) is 0 Å². The average molecular weight is 581 g/mol. The van der Waals surface area contributed by atoms with Crippen molar-refractivity contribution >= 4 is 28.2 Å². The molecule has 5 aromatic rings. The third-order valence-electron chi connectivity index (χ3n) is 6.57. The van der Waals surface area contributed by atoms with E-state index in [0.29, 0.717) is 23.0 Å². The summed E-state index contributed by atoms with van der Waals surface area (Å²) in [6.07, 6.45) is -2.60. The molecule has 4 N–H and O–H groups in total. The number of halogens is 4. The van der Waals surface area contributed by atoms with E-state index >= 15 is 4.39 Å². The van der Waals surface area contributed by atoms with Crippen LogP contribution in [0.4, 0.5) is 29.1 Å². The molecule has 0 aliphatic heterocycles. The molecule has 0 saturated carbocycles. The minimum atomic E-state index is -5.08. The lowest BCUT2D eigenvalue weighted by molar-refractivity contribution is -0.192. The second kappa shape index (κ2) is 12.2. The summed E-state index contributed by atoms with van der Waals surface area (Å²) < 4.78 is 48.7. The Labute approximate surface area is 238 Å². The summed E-state index contributed by atoms with van der Waals surface area (Å²) >= 11 is 0. The number of nitrogens with zero attached hydrogens (tertiary/aromatic N) is 4. The minimum Gasteiger partial charge on any atom is -0.475 e. The monoisotopic (exact) mass is 580 g/mol. The van der Waals surface area contributed by atoms with E-state index in [1.807, 2.05) is 74.6 Å². The number of hydrogen-bond donors (Lipinski definition) is 3. The summed E-state index contributed by atoms with van der Waals surface area (Å²) in [5, 5.41) is 17.1. The van der Waals surface area contributed by atoms with Crippen molar-refractivity contribution in [2.75, 3.05) is 11.1 Å². The second-order valence-corrected chi connectivity index (χ2v) is 9.45. The van der Waals surface area contributed by atoms with Crippen molar-refractivity contribution < 1.29 is 27.5 Å². The van der Waals surface area contributed by atoms with Gasteiger partial charge in [0.25, 0.3) is 0 Å². The maximum absolute atomic E-state index is 15.3. The molecule has 0 spiro atoms. The SMILES string of the molecule is CCc1ccc(F)c(C(Nc2ccc3c(N)nccc3c2)c2nc(-c3ccccc3C)nn2C)c1.O=C(O)C(F)(F)F. The van der Waals surface area contributed by atoms with E-state index in [-0.39, 0.29) is 5.82 Å². The van der Waals surface area contributed by atoms with Gasteiger partial charge in [0.15, 0.2) is 11.6 Å². The van der Waals surface area contributed by atoms with Gasteiger partial charge in [-0.25, -0.2) is 19.2 Å². The molecule has 0 fully saturated rings. The first-order valence-corrected chi connectivity index (χ1v) is 12.8. The van der Waals surface area contributed by atoms with Crippen LogP contribution in [0, 0.1) is 12.7 Å². The number of carboxylic acid groups (broad SMARTS) is 1. The molecule has 0 radical (unpaired) electrons. The lowest BCUT2D eigenvalue weighted by Crippen LogP contribution is -2.21. The number of aryl methyl sites for hydroxylation is 3. The van der Waals surface area contributed by atoms with Crippen molar-refractivity contribution in [3.05, 3.63) is 101 Å². The normalized spacial score (nSPS) is 12.0. The molecular formula is C30H28F4N6O2. The summed E-state index contributed by atoms with van der Waals surface area (Å²) in [7, 11) is 1.84. The molecule has 0 aliphatic rings. The molecule has 3 aromatic carbocycles. The number of carboxylic acids is 1. The summed E-state index contributed by atoms with van der Waals surface area (Å²) in [4.78, 5) is 17.9. The van der Waals surface area contributed by atoms with Gasteiger partial charge in [-0.3, -0.25) is 4.68 Å². The van der Waals surface area contributed by atoms with Gasteiger partial charge in [-0.05, 0) is 60.2 Å². The van der Waals surface area contributed by atoms with Gasteiger partial charge in [0.1, 0.15) is 17.7 Å². The first kappa shape index (κ1) is 30.0. The first-order chi connectivity index (χ1) is 19.9. The number of benzene rings is 3. The molecule has 0 amide bonds. The second-order valence-electron chi connectivity index (χ2n) is 9.45. The number of hydrogen-bond acceptors (Lipinski definition) is 6. The van der Waals surface area contributed by atoms with Gasteiger partial charge >= 0.3 is 12.1 Å². The van der Waals surface area contributed by atoms with Crippen molar-refractivity contribution in [2.24, 2.45) is 7.05 Å². The molecule has 5 rings (SSSR count). The predicted molar refractivity (Wildman–Crippen MR) is 152 cm³/mol. The van der Waals surface area contributed by atoms with E-state index in [0.717, 1.165) is 39.6 Å². The number of aliphatic carboxylic acids is 1. The number of nitrogens with one attached hydrogen (secondary N) is 1. The molecular weight excluding hydrogens is 552 g/mol. The number of aromatic nitrogens is 4. The molecule has 2 aromatic heterocycles. The lowest BCUT2D eigenvalue weighted by Gasteiger charge is -2.21. The zero-order chi connectivity index (χ0) is 30.6. The molecule has 8 nitrogen and oxygen atoms in total. The number of anilines is 2. The lowest BCUT2D eigenvalue weighted by atomic mass is 10.0.